The van der Waals surface area contributed by atoms with Crippen LogP contribution in [0, 0.1) is 0 Å². The Bertz CT molecular complexity index is 2620. The van der Waals surface area contributed by atoms with Gasteiger partial charge >= 0.3 is 11.9 Å². The van der Waals surface area contributed by atoms with E-state index in [1.54, 1.807) is 0 Å². The number of hydrogen-bond acceptors (Lipinski definition) is 42. The molecular weight excluding hydrogens is 1440 g/mol. The van der Waals surface area contributed by atoms with Crippen molar-refractivity contribution in [2.24, 2.45) is 0 Å². The smallest absolute Gasteiger partial charge is 0.327 e. The van der Waals surface area contributed by atoms with Crippen LogP contribution in [0.5, 0.6) is 0 Å². The molecule has 23 N–H and O–H groups in total. The Labute approximate surface area is 594 Å². The quantitative estimate of drug-likeness (QED) is 0.0358. The summed E-state index contributed by atoms with van der Waals surface area (Å²) in [4.78, 5) is 48.5. The molecule has 596 valence electrons. The molecular formula is C58H96N2O41S2. The third-order valence-corrected chi connectivity index (χ3v) is 20.5. The average molecular weight is 1540 g/mol. The lowest BCUT2D eigenvalue weighted by Gasteiger charge is -2.50. The highest BCUT2D eigenvalue weighted by Gasteiger charge is 2.60. The molecule has 14 unspecified atom stereocenters. The minimum absolute atomic E-state index is 0.0368. The first kappa shape index (κ1) is 85.9. The molecule has 0 aromatic rings. The number of carboxylic acids is 2. The number of aliphatic carboxylic acids is 2. The topological polar surface area (TPSA) is 665 Å². The zero-order valence-corrected chi connectivity index (χ0v) is 57.0. The number of nitrogens with one attached hydrogen (secondary N) is 2. The molecule has 0 aromatic carbocycles. The number of aliphatic hydroxyl groups excluding tert-OH is 19. The Morgan fingerprint density at radius 3 is 0.806 bits per heavy atom. The Morgan fingerprint density at radius 2 is 0.573 bits per heavy atom. The summed E-state index contributed by atoms with van der Waals surface area (Å²) in [6, 6.07) is -2.82. The molecule has 1 amide bonds. The molecule has 21 aliphatic heterocycles. The van der Waals surface area contributed by atoms with Gasteiger partial charge in [-0.1, -0.05) is 0 Å². The third-order valence-electron chi connectivity index (χ3n) is 18.3. The molecule has 21 aliphatic rings. The van der Waals surface area contributed by atoms with E-state index in [2.05, 4.69) is 10.6 Å². The van der Waals surface area contributed by atoms with Crippen molar-refractivity contribution >= 4 is 47.2 Å². The van der Waals surface area contributed by atoms with E-state index in [0.717, 1.165) is 23.5 Å². The maximum atomic E-state index is 12.9. The van der Waals surface area contributed by atoms with Crippen LogP contribution in [0.25, 0.3) is 0 Å². The lowest BCUT2D eigenvalue weighted by atomic mass is 9.95. The normalized spacial score (nSPS) is 44.8. The maximum Gasteiger partial charge on any atom is 0.327 e. The number of carbonyl (C=O) groups excluding carboxylic acids is 2. The predicted molar refractivity (Wildman–Crippen MR) is 331 cm³/mol. The van der Waals surface area contributed by atoms with Crippen LogP contribution in [0.2, 0.25) is 0 Å². The Balaban J connectivity index is 1.08. The number of rotatable bonds is 26. The molecule has 0 aliphatic carbocycles. The Kier molecular flexibility index (Phi) is 33.2. The zero-order chi connectivity index (χ0) is 75.4. The van der Waals surface area contributed by atoms with Gasteiger partial charge in [0.05, 0.1) is 71.7 Å². The number of likely N-dealkylation sites (N-methyl/N-ethyl adjacent to an activating group) is 1. The van der Waals surface area contributed by atoms with E-state index in [4.69, 9.17) is 75.8 Å². The van der Waals surface area contributed by atoms with E-state index in [-0.39, 0.29) is 56.6 Å². The van der Waals surface area contributed by atoms with Crippen LogP contribution in [0.4, 0.5) is 0 Å². The largest absolute Gasteiger partial charge is 0.480 e. The van der Waals surface area contributed by atoms with Crippen molar-refractivity contribution in [1.82, 2.24) is 10.6 Å². The lowest BCUT2D eigenvalue weighted by molar-refractivity contribution is -0.395. The fourth-order valence-corrected chi connectivity index (χ4v) is 14.7. The molecule has 14 bridgehead atoms. The molecule has 45 heteroatoms. The van der Waals surface area contributed by atoms with E-state index >= 15 is 0 Å². The van der Waals surface area contributed by atoms with E-state index in [1.807, 2.05) is 0 Å². The molecule has 21 saturated heterocycles. The van der Waals surface area contributed by atoms with Gasteiger partial charge in [0.2, 0.25) is 5.91 Å². The lowest BCUT2D eigenvalue weighted by Crippen LogP contribution is -2.68. The number of ketones is 1. The van der Waals surface area contributed by atoms with E-state index in [0.29, 0.717) is 0 Å². The van der Waals surface area contributed by atoms with Crippen LogP contribution in [0.15, 0.2) is 0 Å². The number of carbonyl (C=O) groups is 4. The van der Waals surface area contributed by atoms with Gasteiger partial charge in [-0.15, -0.1) is 0 Å². The molecule has 0 spiro atoms. The van der Waals surface area contributed by atoms with Gasteiger partial charge in [0.15, 0.2) is 44.0 Å². The molecule has 0 saturated carbocycles. The van der Waals surface area contributed by atoms with Gasteiger partial charge < -0.3 is 194 Å². The maximum absolute atomic E-state index is 12.9. The van der Waals surface area contributed by atoms with Crippen molar-refractivity contribution in [2.75, 3.05) is 89.5 Å². The number of amides is 1. The standard InChI is InChI=1S/C58H96N2O41S2/c1-18(66)3-5-86-7-8-87-6-4-28(67)60-20(51(84)85)15-103-17-27-49-35(74)42(81)58(94-27)99-47-25(13-65)90-54(38(77)31(47)70)97-45-22(10-62)91-55(39(78)32(45)71)100-48-26(16-102-14-19(59-2)50(82)83)93-57(41(80)34(48)73)98-46-24(12-64)89-53(37(76)30(46)69)95-43-21(9-61)88-52(36(75)29(43)68)96-44-23(11-63)92-56(101-49)40(79)33(44)72/h19-27,29-49,52-59,61-65,68-81H,3-17H2,1-2H3,(H,60,67)(H,82,83)(H,84,85)/t19-,20-,21?,22?,23?,24?,25?,26?,27?,29-,30-,31-,32+,33-,34-,35-,36?,37?,38?,39?,40?,41?,42?,43-,44-,45-,46-,47-,48-,49-,52-,53+,54+,55+,56-,57+,58-/m1/s1. The third kappa shape index (κ3) is 20.9. The summed E-state index contributed by atoms with van der Waals surface area (Å²) >= 11 is 1.60. The van der Waals surface area contributed by atoms with Crippen molar-refractivity contribution in [3.8, 4) is 0 Å². The van der Waals surface area contributed by atoms with Gasteiger partial charge in [-0.3, -0.25) is 14.4 Å². The fraction of sp³-hybridized carbons (Fsp3) is 0.931. The average Bonchev–Trinajstić information content (AvgIpc) is 0.785. The summed E-state index contributed by atoms with van der Waals surface area (Å²) in [6.07, 6.45) is -72.9. The molecule has 21 fully saturated rings. The van der Waals surface area contributed by atoms with Crippen molar-refractivity contribution in [3.63, 3.8) is 0 Å². The zero-order valence-electron chi connectivity index (χ0n) is 55.3. The Hall–Kier alpha value is -2.66. The number of aliphatic hydroxyl groups is 19. The second-order valence-electron chi connectivity index (χ2n) is 25.4. The van der Waals surface area contributed by atoms with E-state index < -0.39 is 289 Å². The Morgan fingerprint density at radius 1 is 0.340 bits per heavy atom. The van der Waals surface area contributed by atoms with E-state index in [9.17, 15) is 126 Å². The van der Waals surface area contributed by atoms with Crippen molar-refractivity contribution in [3.05, 3.63) is 0 Å². The number of thioether (sulfide) groups is 2. The van der Waals surface area contributed by atoms with Crippen LogP contribution >= 0.6 is 23.5 Å². The van der Waals surface area contributed by atoms with Gasteiger partial charge in [-0.2, -0.15) is 23.5 Å². The molecule has 103 heavy (non-hydrogen) atoms. The van der Waals surface area contributed by atoms with Crippen LogP contribution in [-0.2, 0) is 95.0 Å². The number of Topliss-reactive ketones (excluding diaryl/α,β-unsaturated/α-hetero) is 1. The monoisotopic (exact) mass is 1540 g/mol. The van der Waals surface area contributed by atoms with Gasteiger partial charge in [-0.25, -0.2) is 4.79 Å². The first-order chi connectivity index (χ1) is 49.0. The summed E-state index contributed by atoms with van der Waals surface area (Å²) in [5.41, 5.74) is 0. The van der Waals surface area contributed by atoms with Crippen molar-refractivity contribution < 1.29 is 202 Å². The first-order valence-electron chi connectivity index (χ1n) is 33.0. The van der Waals surface area contributed by atoms with Crippen LogP contribution in [0.1, 0.15) is 19.8 Å². The molecule has 0 aromatic heterocycles. The summed E-state index contributed by atoms with van der Waals surface area (Å²) in [5, 5.41) is 242. The number of carboxylic acid groups (broad SMARTS) is 2. The first-order valence-corrected chi connectivity index (χ1v) is 35.3. The second-order valence-corrected chi connectivity index (χ2v) is 27.6. The van der Waals surface area contributed by atoms with Gasteiger partial charge in [-0.05, 0) is 14.0 Å². The fourth-order valence-electron chi connectivity index (χ4n) is 12.4. The van der Waals surface area contributed by atoms with Gasteiger partial charge in [0.1, 0.15) is 177 Å². The van der Waals surface area contributed by atoms with E-state index in [1.165, 1.54) is 14.0 Å². The van der Waals surface area contributed by atoms with Crippen molar-refractivity contribution in [2.45, 2.75) is 247 Å². The molecule has 21 heterocycles. The number of ether oxygens (including phenoxy) is 16. The van der Waals surface area contributed by atoms with Gasteiger partial charge in [0, 0.05) is 35.9 Å². The van der Waals surface area contributed by atoms with Crippen molar-refractivity contribution in [1.29, 1.82) is 0 Å². The minimum atomic E-state index is -2.32. The molecule has 0 radical (unpaired) electrons. The predicted octanol–water partition coefficient (Wildman–Crippen LogP) is -14.1. The minimum Gasteiger partial charge on any atom is -0.480 e. The van der Waals surface area contributed by atoms with Crippen LogP contribution in [-0.4, -0.2) is 447 Å². The van der Waals surface area contributed by atoms with Crippen LogP contribution < -0.4 is 10.6 Å². The summed E-state index contributed by atoms with van der Waals surface area (Å²) in [6.45, 7) is -4.06. The SMILES string of the molecule is CN[C@H](CSCC1O[C@H]2O[C@@H]3C(CO)O[C@@H](O[C@@H]4C(CO)O[C@H](O[C@@H]5C(CO)O[C@H](O[C@@H]6C(CSC[C@@H](NC(=O)CCOCCOCCC(C)=O)C(=O)O)O[C@H](O[C@@H]7C(CO)O[C@@H](O[C@@H]8C(CO)O[C@@H](O[C@H]1[C@H](O)C2O)C(O)[C@@H]8O)C(O)[C@H]7O)C(O)[C@H]6O)C(O)[C@H]5O)C(O)[C@H]4O)C(O)[C@H]3O)C(=O)O. The highest BCUT2D eigenvalue weighted by atomic mass is 32.2. The van der Waals surface area contributed by atoms with Crippen LogP contribution in [0.3, 0.4) is 0 Å². The van der Waals surface area contributed by atoms with Gasteiger partial charge in [0.25, 0.3) is 0 Å². The summed E-state index contributed by atoms with van der Waals surface area (Å²) < 4.78 is 93.1. The summed E-state index contributed by atoms with van der Waals surface area (Å²) in [5.74, 6) is -5.22. The highest BCUT2D eigenvalue weighted by molar-refractivity contribution is 7.99. The molecule has 21 rings (SSSR count). The molecule has 37 atom stereocenters. The second kappa shape index (κ2) is 39.8. The highest BCUT2D eigenvalue weighted by Crippen LogP contribution is 2.40. The summed E-state index contributed by atoms with van der Waals surface area (Å²) in [7, 11) is 1.35. The molecule has 43 nitrogen and oxygen atoms in total. The number of hydrogen-bond donors (Lipinski definition) is 23.